The number of hydrogen-bond donors (Lipinski definition) is 0. The molecule has 0 aliphatic heterocycles. The maximum Gasteiger partial charge on any atom is 0.338 e. The minimum Gasteiger partial charge on any atom is -0.497 e. The molecule has 0 saturated carbocycles. The molecule has 0 fully saturated rings. The minimum atomic E-state index is -0.301. The topological polar surface area (TPSA) is 35.5 Å². The Kier molecular flexibility index (Phi) is 3.31. The first-order valence-electron chi connectivity index (χ1n) is 4.09. The first kappa shape index (κ1) is 9.58. The highest BCUT2D eigenvalue weighted by Gasteiger charge is 2.04. The van der Waals surface area contributed by atoms with Crippen LogP contribution in [0.15, 0.2) is 24.3 Å². The van der Waals surface area contributed by atoms with Crippen LogP contribution in [0.1, 0.15) is 17.3 Å². The summed E-state index contributed by atoms with van der Waals surface area (Å²) in [7, 11) is 1.58. The fourth-order valence-corrected chi connectivity index (χ4v) is 0.942. The average molecular weight is 181 g/mol. The van der Waals surface area contributed by atoms with Gasteiger partial charge in [-0.25, -0.2) is 4.79 Å². The number of methoxy groups -OCH3 is 1. The number of benzene rings is 1. The second-order valence-electron chi connectivity index (χ2n) is 2.45. The van der Waals surface area contributed by atoms with Gasteiger partial charge in [0.1, 0.15) is 5.75 Å². The Labute approximate surface area is 77.3 Å². The molecule has 0 aromatic heterocycles. The molecule has 1 aromatic rings. The first-order chi connectivity index (χ1) is 6.27. The predicted molar refractivity (Wildman–Crippen MR) is 49.0 cm³/mol. The van der Waals surface area contributed by atoms with Crippen molar-refractivity contribution in [3.05, 3.63) is 29.8 Å². The van der Waals surface area contributed by atoms with Gasteiger partial charge in [0.05, 0.1) is 19.3 Å². The van der Waals surface area contributed by atoms with Gasteiger partial charge in [0.15, 0.2) is 0 Å². The molecule has 0 saturated heterocycles. The van der Waals surface area contributed by atoms with E-state index in [1.807, 2.05) is 0 Å². The lowest BCUT2D eigenvalue weighted by atomic mass is 10.4. The first-order valence-corrected chi connectivity index (χ1v) is 4.09. The van der Waals surface area contributed by atoms with Crippen LogP contribution in [0.25, 0.3) is 0 Å². The van der Waals surface area contributed by atoms with E-state index in [1.54, 1.807) is 38.3 Å². The van der Waals surface area contributed by atoms with Crippen molar-refractivity contribution < 1.29 is 14.3 Å². The van der Waals surface area contributed by atoms with Gasteiger partial charge in [-0.2, -0.15) is 0 Å². The zero-order chi connectivity index (χ0) is 9.68. The van der Waals surface area contributed by atoms with E-state index in [4.69, 9.17) is 9.47 Å². The molecule has 13 heavy (non-hydrogen) atoms. The molecule has 1 aromatic carbocycles. The highest BCUT2D eigenvalue weighted by atomic mass is 16.5. The lowest BCUT2D eigenvalue weighted by Crippen LogP contribution is -2.03. The third kappa shape index (κ3) is 2.47. The van der Waals surface area contributed by atoms with Crippen molar-refractivity contribution in [3.8, 4) is 5.75 Å². The zero-order valence-electron chi connectivity index (χ0n) is 7.74. The second-order valence-corrected chi connectivity index (χ2v) is 2.45. The van der Waals surface area contributed by atoms with Crippen molar-refractivity contribution in [2.45, 2.75) is 6.92 Å². The normalized spacial score (nSPS) is 9.38. The SMILES string of the molecule is CCOC(=O)[13c]1ccc(OC)cc1. The highest BCUT2D eigenvalue weighted by Crippen LogP contribution is 2.11. The number of carbonyl (C=O) groups excluding carboxylic acids is 1. The Morgan fingerprint density at radius 3 is 2.38 bits per heavy atom. The maximum absolute atomic E-state index is 11.2. The molecule has 3 heteroatoms. The number of hydrogen-bond acceptors (Lipinski definition) is 3. The van der Waals surface area contributed by atoms with Gasteiger partial charge in [-0.05, 0) is 31.2 Å². The molecule has 0 bridgehead atoms. The van der Waals surface area contributed by atoms with E-state index in [9.17, 15) is 4.79 Å². The number of rotatable bonds is 3. The molecule has 0 N–H and O–H groups in total. The standard InChI is InChI=1S/C10H12O3/c1-3-13-10(11)8-4-6-9(12-2)7-5-8/h4-7H,3H2,1-2H3/i8+1. The Balaban J connectivity index is 2.74. The summed E-state index contributed by atoms with van der Waals surface area (Å²) in [4.78, 5) is 11.2. The number of esters is 1. The third-order valence-corrected chi connectivity index (χ3v) is 1.60. The molecule has 0 heterocycles. The molecule has 70 valence electrons. The molecule has 0 amide bonds. The summed E-state index contributed by atoms with van der Waals surface area (Å²) in [5, 5.41) is 0. The second kappa shape index (κ2) is 4.50. The zero-order valence-corrected chi connectivity index (χ0v) is 7.74. The largest absolute Gasteiger partial charge is 0.497 e. The molecule has 0 spiro atoms. The van der Waals surface area contributed by atoms with E-state index in [-0.39, 0.29) is 5.97 Å². The minimum absolute atomic E-state index is 0.301. The predicted octanol–water partition coefficient (Wildman–Crippen LogP) is 1.87. The summed E-state index contributed by atoms with van der Waals surface area (Å²) >= 11 is 0. The lowest BCUT2D eigenvalue weighted by molar-refractivity contribution is 0.0526. The quantitative estimate of drug-likeness (QED) is 0.668. The Hall–Kier alpha value is -1.51. The Morgan fingerprint density at radius 1 is 1.31 bits per heavy atom. The smallest absolute Gasteiger partial charge is 0.338 e. The fourth-order valence-electron chi connectivity index (χ4n) is 0.942. The molecular formula is C10H12O3. The molecule has 0 unspecified atom stereocenters. The van der Waals surface area contributed by atoms with Gasteiger partial charge in [0, 0.05) is 0 Å². The number of carbonyl (C=O) groups is 1. The van der Waals surface area contributed by atoms with Crippen LogP contribution in [0.5, 0.6) is 5.75 Å². The summed E-state index contributed by atoms with van der Waals surface area (Å²) in [5.74, 6) is 0.429. The summed E-state index contributed by atoms with van der Waals surface area (Å²) in [6.07, 6.45) is 0. The van der Waals surface area contributed by atoms with Crippen LogP contribution in [0, 0.1) is 0 Å². The van der Waals surface area contributed by atoms with Gasteiger partial charge in [0.25, 0.3) is 0 Å². The monoisotopic (exact) mass is 181 g/mol. The van der Waals surface area contributed by atoms with Gasteiger partial charge in [-0.15, -0.1) is 0 Å². The molecular weight excluding hydrogens is 169 g/mol. The van der Waals surface area contributed by atoms with Crippen molar-refractivity contribution in [1.29, 1.82) is 0 Å². The third-order valence-electron chi connectivity index (χ3n) is 1.60. The fraction of sp³-hybridized carbons (Fsp3) is 0.300. The Morgan fingerprint density at radius 2 is 1.92 bits per heavy atom. The lowest BCUT2D eigenvalue weighted by Gasteiger charge is -2.02. The molecule has 0 aliphatic rings. The van der Waals surface area contributed by atoms with Gasteiger partial charge >= 0.3 is 5.97 Å². The van der Waals surface area contributed by atoms with Crippen molar-refractivity contribution in [3.63, 3.8) is 0 Å². The molecule has 1 rings (SSSR count). The van der Waals surface area contributed by atoms with Crippen molar-refractivity contribution >= 4 is 5.97 Å². The van der Waals surface area contributed by atoms with Crippen molar-refractivity contribution in [2.75, 3.05) is 13.7 Å². The van der Waals surface area contributed by atoms with E-state index in [1.165, 1.54) is 0 Å². The van der Waals surface area contributed by atoms with Gasteiger partial charge in [0.2, 0.25) is 0 Å². The molecule has 0 atom stereocenters. The highest BCUT2D eigenvalue weighted by molar-refractivity contribution is 5.89. The summed E-state index contributed by atoms with van der Waals surface area (Å²) < 4.78 is 9.78. The van der Waals surface area contributed by atoms with Crippen LogP contribution in [0.2, 0.25) is 0 Å². The van der Waals surface area contributed by atoms with Gasteiger partial charge in [-0.3, -0.25) is 0 Å². The van der Waals surface area contributed by atoms with E-state index in [0.717, 1.165) is 5.75 Å². The van der Waals surface area contributed by atoms with E-state index in [2.05, 4.69) is 0 Å². The van der Waals surface area contributed by atoms with Crippen LogP contribution in [0.3, 0.4) is 0 Å². The molecule has 3 nitrogen and oxygen atoms in total. The van der Waals surface area contributed by atoms with Gasteiger partial charge < -0.3 is 9.47 Å². The van der Waals surface area contributed by atoms with Crippen LogP contribution in [-0.4, -0.2) is 19.7 Å². The summed E-state index contributed by atoms with van der Waals surface area (Å²) in [6, 6.07) is 6.81. The van der Waals surface area contributed by atoms with Gasteiger partial charge in [-0.1, -0.05) is 0 Å². The van der Waals surface area contributed by atoms with E-state index in [0.29, 0.717) is 12.2 Å². The summed E-state index contributed by atoms with van der Waals surface area (Å²) in [5.41, 5.74) is 0.544. The Bertz CT molecular complexity index is 277. The van der Waals surface area contributed by atoms with Crippen molar-refractivity contribution in [1.82, 2.24) is 0 Å². The van der Waals surface area contributed by atoms with Crippen LogP contribution < -0.4 is 4.74 Å². The van der Waals surface area contributed by atoms with Crippen LogP contribution in [0.4, 0.5) is 0 Å². The molecule has 0 radical (unpaired) electrons. The average Bonchev–Trinajstić information content (AvgIpc) is 2.18. The van der Waals surface area contributed by atoms with Crippen LogP contribution >= 0.6 is 0 Å². The van der Waals surface area contributed by atoms with Crippen LogP contribution in [-0.2, 0) is 4.74 Å². The number of ether oxygens (including phenoxy) is 2. The van der Waals surface area contributed by atoms with E-state index >= 15 is 0 Å². The van der Waals surface area contributed by atoms with E-state index < -0.39 is 0 Å². The maximum atomic E-state index is 11.2. The molecule has 0 aliphatic carbocycles. The summed E-state index contributed by atoms with van der Waals surface area (Å²) in [6.45, 7) is 2.17. The van der Waals surface area contributed by atoms with Crippen molar-refractivity contribution in [2.24, 2.45) is 0 Å².